The third kappa shape index (κ3) is 5.98. The zero-order valence-electron chi connectivity index (χ0n) is 16.8. The number of nitrogens with zero attached hydrogens (tertiary/aromatic N) is 2. The second kappa shape index (κ2) is 10.1. The minimum absolute atomic E-state index is 0.285. The van der Waals surface area contributed by atoms with E-state index in [0.29, 0.717) is 28.1 Å². The van der Waals surface area contributed by atoms with Gasteiger partial charge < -0.3 is 9.47 Å². The van der Waals surface area contributed by atoms with Gasteiger partial charge in [0.1, 0.15) is 17.2 Å². The molecule has 0 unspecified atom stereocenters. The Hall–Kier alpha value is -3.04. The molecule has 1 amide bonds. The SMILES string of the molecule is CCOC(=O)c1sc(NC(=O)/C=C/c2cccc(OCc3csc(C)n3)c2)nc1C. The van der Waals surface area contributed by atoms with E-state index in [1.807, 2.05) is 36.6 Å². The fraction of sp³-hybridized carbons (Fsp3) is 0.238. The largest absolute Gasteiger partial charge is 0.487 e. The molecule has 3 rings (SSSR count). The number of thiazole rings is 2. The predicted molar refractivity (Wildman–Crippen MR) is 118 cm³/mol. The maximum absolute atomic E-state index is 12.2. The highest BCUT2D eigenvalue weighted by Crippen LogP contribution is 2.23. The maximum Gasteiger partial charge on any atom is 0.350 e. The number of benzene rings is 1. The van der Waals surface area contributed by atoms with Gasteiger partial charge in [-0.3, -0.25) is 10.1 Å². The van der Waals surface area contributed by atoms with Gasteiger partial charge in [0.15, 0.2) is 5.13 Å². The molecular formula is C21H21N3O4S2. The van der Waals surface area contributed by atoms with Crippen LogP contribution < -0.4 is 10.1 Å². The number of carbonyl (C=O) groups is 2. The Balaban J connectivity index is 1.58. The summed E-state index contributed by atoms with van der Waals surface area (Å²) in [6.07, 6.45) is 3.09. The van der Waals surface area contributed by atoms with Crippen molar-refractivity contribution < 1.29 is 19.1 Å². The second-order valence-corrected chi connectivity index (χ2v) is 8.26. The molecule has 3 aromatic rings. The van der Waals surface area contributed by atoms with Crippen molar-refractivity contribution in [1.82, 2.24) is 9.97 Å². The van der Waals surface area contributed by atoms with Crippen LogP contribution in [0.2, 0.25) is 0 Å². The number of carbonyl (C=O) groups excluding carboxylic acids is 2. The Labute approximate surface area is 182 Å². The van der Waals surface area contributed by atoms with Crippen LogP contribution in [0.4, 0.5) is 5.13 Å². The number of hydrogen-bond donors (Lipinski definition) is 1. The number of amides is 1. The average molecular weight is 444 g/mol. The van der Waals surface area contributed by atoms with Gasteiger partial charge in [0.05, 0.1) is 23.0 Å². The maximum atomic E-state index is 12.2. The third-order valence-corrected chi connectivity index (χ3v) is 5.70. The third-order valence-electron chi connectivity index (χ3n) is 3.83. The van der Waals surface area contributed by atoms with E-state index in [1.54, 1.807) is 31.3 Å². The van der Waals surface area contributed by atoms with Gasteiger partial charge >= 0.3 is 5.97 Å². The molecule has 0 aliphatic heterocycles. The van der Waals surface area contributed by atoms with E-state index < -0.39 is 5.97 Å². The van der Waals surface area contributed by atoms with Gasteiger partial charge in [0.2, 0.25) is 5.91 Å². The summed E-state index contributed by atoms with van der Waals surface area (Å²) in [6, 6.07) is 7.42. The van der Waals surface area contributed by atoms with Crippen LogP contribution in [0.3, 0.4) is 0 Å². The Morgan fingerprint density at radius 1 is 1.23 bits per heavy atom. The second-order valence-electron chi connectivity index (χ2n) is 6.20. The van der Waals surface area contributed by atoms with Crippen LogP contribution >= 0.6 is 22.7 Å². The standard InChI is InChI=1S/C21H21N3O4S2/c1-4-27-20(26)19-13(2)22-21(30-19)24-18(25)9-8-15-6-5-7-17(10-15)28-11-16-12-29-14(3)23-16/h5-10,12H,4,11H2,1-3H3,(H,22,24,25)/b9-8+. The summed E-state index contributed by atoms with van der Waals surface area (Å²) in [4.78, 5) is 33.0. The van der Waals surface area contributed by atoms with Crippen LogP contribution in [0.15, 0.2) is 35.7 Å². The molecule has 7 nitrogen and oxygen atoms in total. The highest BCUT2D eigenvalue weighted by atomic mass is 32.1. The number of anilines is 1. The Kier molecular flexibility index (Phi) is 7.31. The van der Waals surface area contributed by atoms with Crippen molar-refractivity contribution in [2.45, 2.75) is 27.4 Å². The predicted octanol–water partition coefficient (Wildman–Crippen LogP) is 4.62. The number of rotatable bonds is 8. The molecule has 0 fully saturated rings. The lowest BCUT2D eigenvalue weighted by Crippen LogP contribution is -2.07. The summed E-state index contributed by atoms with van der Waals surface area (Å²) in [5.41, 5.74) is 2.23. The molecule has 1 N–H and O–H groups in total. The first-order valence-electron chi connectivity index (χ1n) is 9.22. The van der Waals surface area contributed by atoms with Crippen LogP contribution in [-0.2, 0) is 16.1 Å². The summed E-state index contributed by atoms with van der Waals surface area (Å²) >= 11 is 2.67. The quantitative estimate of drug-likeness (QED) is 0.403. The molecule has 0 radical (unpaired) electrons. The van der Waals surface area contributed by atoms with Crippen LogP contribution in [0.1, 0.15) is 38.6 Å². The van der Waals surface area contributed by atoms with Gasteiger partial charge in [-0.2, -0.15) is 0 Å². The lowest BCUT2D eigenvalue weighted by atomic mass is 10.2. The number of esters is 1. The molecular weight excluding hydrogens is 422 g/mol. The molecule has 1 aromatic carbocycles. The number of hydrogen-bond acceptors (Lipinski definition) is 8. The fourth-order valence-electron chi connectivity index (χ4n) is 2.49. The number of aryl methyl sites for hydroxylation is 2. The Bertz CT molecular complexity index is 1070. The van der Waals surface area contributed by atoms with Crippen LogP contribution in [-0.4, -0.2) is 28.5 Å². The van der Waals surface area contributed by atoms with Gasteiger partial charge in [-0.15, -0.1) is 11.3 Å². The van der Waals surface area contributed by atoms with Crippen molar-refractivity contribution in [1.29, 1.82) is 0 Å². The summed E-state index contributed by atoms with van der Waals surface area (Å²) in [5, 5.41) is 5.99. The monoisotopic (exact) mass is 443 g/mol. The van der Waals surface area contributed by atoms with Gasteiger partial charge in [0.25, 0.3) is 0 Å². The molecule has 9 heteroatoms. The number of nitrogens with one attached hydrogen (secondary N) is 1. The highest BCUT2D eigenvalue weighted by molar-refractivity contribution is 7.17. The molecule has 0 aliphatic rings. The van der Waals surface area contributed by atoms with Gasteiger partial charge in [-0.1, -0.05) is 23.5 Å². The summed E-state index contributed by atoms with van der Waals surface area (Å²) in [7, 11) is 0. The molecule has 2 aromatic heterocycles. The normalized spacial score (nSPS) is 10.9. The molecule has 30 heavy (non-hydrogen) atoms. The number of ether oxygens (including phenoxy) is 2. The van der Waals surface area contributed by atoms with Crippen molar-refractivity contribution in [2.75, 3.05) is 11.9 Å². The fourth-order valence-corrected chi connectivity index (χ4v) is 3.96. The van der Waals surface area contributed by atoms with Crippen LogP contribution in [0, 0.1) is 13.8 Å². The molecule has 0 spiro atoms. The zero-order chi connectivity index (χ0) is 21.5. The van der Waals surface area contributed by atoms with Crippen LogP contribution in [0.25, 0.3) is 6.08 Å². The first-order valence-corrected chi connectivity index (χ1v) is 10.9. The highest BCUT2D eigenvalue weighted by Gasteiger charge is 2.16. The van der Waals surface area contributed by atoms with Gasteiger partial charge in [-0.25, -0.2) is 14.8 Å². The molecule has 2 heterocycles. The van der Waals surface area contributed by atoms with Crippen LogP contribution in [0.5, 0.6) is 5.75 Å². The van der Waals surface area contributed by atoms with Crippen molar-refractivity contribution in [2.24, 2.45) is 0 Å². The van der Waals surface area contributed by atoms with Gasteiger partial charge in [-0.05, 0) is 44.5 Å². The summed E-state index contributed by atoms with van der Waals surface area (Å²) < 4.78 is 10.7. The van der Waals surface area contributed by atoms with E-state index in [-0.39, 0.29) is 12.5 Å². The Morgan fingerprint density at radius 3 is 2.80 bits per heavy atom. The van der Waals surface area contributed by atoms with Crippen molar-refractivity contribution in [3.05, 3.63) is 62.6 Å². The first-order chi connectivity index (χ1) is 14.4. The van der Waals surface area contributed by atoms with E-state index in [0.717, 1.165) is 27.6 Å². The summed E-state index contributed by atoms with van der Waals surface area (Å²) in [5.74, 6) is -0.0885. The lowest BCUT2D eigenvalue weighted by Gasteiger charge is -2.05. The minimum atomic E-state index is -0.437. The van der Waals surface area contributed by atoms with Crippen molar-refractivity contribution >= 4 is 45.8 Å². The molecule has 0 saturated carbocycles. The molecule has 0 aliphatic carbocycles. The van der Waals surface area contributed by atoms with E-state index in [2.05, 4.69) is 15.3 Å². The first kappa shape index (κ1) is 21.7. The van der Waals surface area contributed by atoms with E-state index in [4.69, 9.17) is 9.47 Å². The minimum Gasteiger partial charge on any atom is -0.487 e. The summed E-state index contributed by atoms with van der Waals surface area (Å²) in [6.45, 7) is 6.07. The van der Waals surface area contributed by atoms with E-state index in [9.17, 15) is 9.59 Å². The Morgan fingerprint density at radius 2 is 2.07 bits per heavy atom. The smallest absolute Gasteiger partial charge is 0.350 e. The molecule has 0 saturated heterocycles. The van der Waals surface area contributed by atoms with E-state index in [1.165, 1.54) is 6.08 Å². The van der Waals surface area contributed by atoms with E-state index >= 15 is 0 Å². The average Bonchev–Trinajstić information content (AvgIpc) is 3.30. The number of aromatic nitrogens is 2. The topological polar surface area (TPSA) is 90.4 Å². The molecule has 0 atom stereocenters. The van der Waals surface area contributed by atoms with Crippen molar-refractivity contribution in [3.8, 4) is 5.75 Å². The van der Waals surface area contributed by atoms with Crippen molar-refractivity contribution in [3.63, 3.8) is 0 Å². The van der Waals surface area contributed by atoms with Gasteiger partial charge in [0, 0.05) is 11.5 Å². The molecule has 0 bridgehead atoms. The zero-order valence-corrected chi connectivity index (χ0v) is 18.4. The molecule has 156 valence electrons. The lowest BCUT2D eigenvalue weighted by molar-refractivity contribution is -0.111.